The first kappa shape index (κ1) is 8.42. The van der Waals surface area contributed by atoms with Gasteiger partial charge in [-0.3, -0.25) is 4.79 Å². The van der Waals surface area contributed by atoms with Crippen molar-refractivity contribution < 1.29 is 4.79 Å². The molecule has 1 amide bonds. The Bertz CT molecular complexity index is 177. The van der Waals surface area contributed by atoms with Crippen molar-refractivity contribution in [1.29, 1.82) is 0 Å². The summed E-state index contributed by atoms with van der Waals surface area (Å²) >= 11 is 1.91. The third-order valence-electron chi connectivity index (χ3n) is 2.66. The SMILES string of the molecule is O=C1NCCC1SC1CCCC1. The molecule has 1 unspecified atom stereocenters. The van der Waals surface area contributed by atoms with Gasteiger partial charge in [0.05, 0.1) is 5.25 Å². The molecule has 0 aromatic heterocycles. The molecule has 1 N–H and O–H groups in total. The van der Waals surface area contributed by atoms with Gasteiger partial charge in [-0.05, 0) is 19.3 Å². The van der Waals surface area contributed by atoms with Crippen molar-refractivity contribution in [3.8, 4) is 0 Å². The van der Waals surface area contributed by atoms with Crippen LogP contribution in [0, 0.1) is 0 Å². The lowest BCUT2D eigenvalue weighted by Crippen LogP contribution is -2.22. The summed E-state index contributed by atoms with van der Waals surface area (Å²) in [5, 5.41) is 3.93. The van der Waals surface area contributed by atoms with Gasteiger partial charge in [0.1, 0.15) is 0 Å². The van der Waals surface area contributed by atoms with Crippen LogP contribution in [0.5, 0.6) is 0 Å². The minimum absolute atomic E-state index is 0.270. The quantitative estimate of drug-likeness (QED) is 0.707. The summed E-state index contributed by atoms with van der Waals surface area (Å²) in [5.41, 5.74) is 0. The van der Waals surface area contributed by atoms with Crippen LogP contribution >= 0.6 is 11.8 Å². The summed E-state index contributed by atoms with van der Waals surface area (Å²) in [6.45, 7) is 0.892. The number of hydrogen-bond acceptors (Lipinski definition) is 2. The van der Waals surface area contributed by atoms with E-state index in [4.69, 9.17) is 0 Å². The van der Waals surface area contributed by atoms with Crippen LogP contribution in [0.15, 0.2) is 0 Å². The Balaban J connectivity index is 1.81. The summed E-state index contributed by atoms with van der Waals surface area (Å²) in [6.07, 6.45) is 6.43. The smallest absolute Gasteiger partial charge is 0.233 e. The van der Waals surface area contributed by atoms with Crippen molar-refractivity contribution in [1.82, 2.24) is 5.32 Å². The monoisotopic (exact) mass is 185 g/mol. The zero-order chi connectivity index (χ0) is 8.39. The highest BCUT2D eigenvalue weighted by Gasteiger charge is 2.28. The highest BCUT2D eigenvalue weighted by Crippen LogP contribution is 2.34. The summed E-state index contributed by atoms with van der Waals surface area (Å²) in [7, 11) is 0. The van der Waals surface area contributed by atoms with Gasteiger partial charge in [0.25, 0.3) is 0 Å². The number of rotatable bonds is 2. The van der Waals surface area contributed by atoms with Gasteiger partial charge in [0, 0.05) is 11.8 Å². The molecule has 1 atom stereocenters. The average molecular weight is 185 g/mol. The lowest BCUT2D eigenvalue weighted by atomic mass is 10.3. The molecule has 2 rings (SSSR count). The van der Waals surface area contributed by atoms with E-state index in [0.717, 1.165) is 18.2 Å². The molecule has 1 aliphatic heterocycles. The van der Waals surface area contributed by atoms with Gasteiger partial charge in [0.15, 0.2) is 0 Å². The molecule has 1 saturated carbocycles. The molecule has 0 spiro atoms. The Morgan fingerprint density at radius 3 is 2.58 bits per heavy atom. The maximum Gasteiger partial charge on any atom is 0.233 e. The highest BCUT2D eigenvalue weighted by molar-refractivity contribution is 8.01. The van der Waals surface area contributed by atoms with E-state index in [-0.39, 0.29) is 11.2 Å². The van der Waals surface area contributed by atoms with Crippen molar-refractivity contribution in [3.05, 3.63) is 0 Å². The molecule has 1 saturated heterocycles. The third-order valence-corrected chi connectivity index (χ3v) is 4.29. The van der Waals surface area contributed by atoms with Gasteiger partial charge in [0.2, 0.25) is 5.91 Å². The summed E-state index contributed by atoms with van der Waals surface area (Å²) in [6, 6.07) is 0. The molecule has 2 aliphatic rings. The first-order chi connectivity index (χ1) is 5.86. The van der Waals surface area contributed by atoms with Crippen LogP contribution < -0.4 is 5.32 Å². The molecule has 3 heteroatoms. The number of thioether (sulfide) groups is 1. The van der Waals surface area contributed by atoms with Crippen LogP contribution in [0.1, 0.15) is 32.1 Å². The fourth-order valence-corrected chi connectivity index (χ4v) is 3.49. The van der Waals surface area contributed by atoms with Crippen molar-refractivity contribution >= 4 is 17.7 Å². The molecule has 1 aliphatic carbocycles. The number of amides is 1. The minimum atomic E-state index is 0.270. The molecule has 68 valence electrons. The van der Waals surface area contributed by atoms with Crippen LogP contribution in [0.25, 0.3) is 0 Å². The van der Waals surface area contributed by atoms with E-state index in [1.807, 2.05) is 11.8 Å². The number of nitrogens with one attached hydrogen (secondary N) is 1. The fourth-order valence-electron chi connectivity index (χ4n) is 1.96. The zero-order valence-corrected chi connectivity index (χ0v) is 8.03. The van der Waals surface area contributed by atoms with Crippen LogP contribution in [0.4, 0.5) is 0 Å². The maximum absolute atomic E-state index is 11.2. The Hall–Kier alpha value is -0.180. The van der Waals surface area contributed by atoms with E-state index in [2.05, 4.69) is 5.32 Å². The number of carbonyl (C=O) groups excluding carboxylic acids is 1. The Labute approximate surface area is 77.5 Å². The maximum atomic E-state index is 11.2. The second kappa shape index (κ2) is 3.69. The average Bonchev–Trinajstić information content (AvgIpc) is 2.65. The van der Waals surface area contributed by atoms with Crippen LogP contribution in [0.2, 0.25) is 0 Å². The molecular formula is C9H15NOS. The standard InChI is InChI=1S/C9H15NOS/c11-9-8(5-6-10-9)12-7-3-1-2-4-7/h7-8H,1-6H2,(H,10,11). The van der Waals surface area contributed by atoms with E-state index in [9.17, 15) is 4.79 Å². The lowest BCUT2D eigenvalue weighted by Gasteiger charge is -2.12. The van der Waals surface area contributed by atoms with Crippen molar-refractivity contribution in [2.45, 2.75) is 42.6 Å². The van der Waals surface area contributed by atoms with E-state index in [0.29, 0.717) is 0 Å². The molecule has 1 heterocycles. The molecule has 0 radical (unpaired) electrons. The molecule has 12 heavy (non-hydrogen) atoms. The second-order valence-electron chi connectivity index (χ2n) is 3.61. The first-order valence-corrected chi connectivity index (χ1v) is 5.74. The molecule has 0 aromatic carbocycles. The Kier molecular flexibility index (Phi) is 2.59. The molecule has 2 fully saturated rings. The number of hydrogen-bond donors (Lipinski definition) is 1. The molecule has 2 nitrogen and oxygen atoms in total. The highest BCUT2D eigenvalue weighted by atomic mass is 32.2. The number of carbonyl (C=O) groups is 1. The van der Waals surface area contributed by atoms with Crippen LogP contribution in [-0.2, 0) is 4.79 Å². The largest absolute Gasteiger partial charge is 0.355 e. The van der Waals surface area contributed by atoms with E-state index in [1.54, 1.807) is 0 Å². The predicted octanol–water partition coefficient (Wildman–Crippen LogP) is 1.55. The van der Waals surface area contributed by atoms with Gasteiger partial charge in [-0.15, -0.1) is 11.8 Å². The van der Waals surface area contributed by atoms with Crippen LogP contribution in [0.3, 0.4) is 0 Å². The molecule has 0 aromatic rings. The third kappa shape index (κ3) is 1.76. The summed E-state index contributed by atoms with van der Waals surface area (Å²) in [5.74, 6) is 0.270. The normalized spacial score (nSPS) is 31.0. The van der Waals surface area contributed by atoms with E-state index < -0.39 is 0 Å². The van der Waals surface area contributed by atoms with Crippen molar-refractivity contribution in [3.63, 3.8) is 0 Å². The predicted molar refractivity (Wildman–Crippen MR) is 51.3 cm³/mol. The Morgan fingerprint density at radius 2 is 2.00 bits per heavy atom. The van der Waals surface area contributed by atoms with E-state index >= 15 is 0 Å². The van der Waals surface area contributed by atoms with Crippen LogP contribution in [-0.4, -0.2) is 23.0 Å². The van der Waals surface area contributed by atoms with Crippen molar-refractivity contribution in [2.75, 3.05) is 6.54 Å². The lowest BCUT2D eigenvalue weighted by molar-refractivity contribution is -0.118. The fraction of sp³-hybridized carbons (Fsp3) is 0.889. The zero-order valence-electron chi connectivity index (χ0n) is 7.21. The Morgan fingerprint density at radius 1 is 1.25 bits per heavy atom. The first-order valence-electron chi connectivity index (χ1n) is 4.79. The summed E-state index contributed by atoms with van der Waals surface area (Å²) in [4.78, 5) is 11.2. The van der Waals surface area contributed by atoms with Gasteiger partial charge in [-0.1, -0.05) is 12.8 Å². The van der Waals surface area contributed by atoms with E-state index in [1.165, 1.54) is 25.7 Å². The van der Waals surface area contributed by atoms with Gasteiger partial charge in [-0.2, -0.15) is 0 Å². The molecular weight excluding hydrogens is 170 g/mol. The minimum Gasteiger partial charge on any atom is -0.355 e. The summed E-state index contributed by atoms with van der Waals surface area (Å²) < 4.78 is 0. The van der Waals surface area contributed by atoms with Gasteiger partial charge in [-0.25, -0.2) is 0 Å². The topological polar surface area (TPSA) is 29.1 Å². The van der Waals surface area contributed by atoms with Gasteiger partial charge < -0.3 is 5.32 Å². The van der Waals surface area contributed by atoms with Gasteiger partial charge >= 0.3 is 0 Å². The molecule has 0 bridgehead atoms. The second-order valence-corrected chi connectivity index (χ2v) is 5.12. The van der Waals surface area contributed by atoms with Crippen molar-refractivity contribution in [2.24, 2.45) is 0 Å².